The number of nitrogens with zero attached hydrogens (tertiary/aromatic N) is 4. The van der Waals surface area contributed by atoms with E-state index in [-0.39, 0.29) is 0 Å². The van der Waals surface area contributed by atoms with Gasteiger partial charge in [0, 0.05) is 28.6 Å². The first-order chi connectivity index (χ1) is 11.4. The van der Waals surface area contributed by atoms with Gasteiger partial charge in [0.05, 0.1) is 0 Å². The predicted molar refractivity (Wildman–Crippen MR) is 91.8 cm³/mol. The van der Waals surface area contributed by atoms with E-state index < -0.39 is 0 Å². The fourth-order valence-corrected chi connectivity index (χ4v) is 4.48. The second-order valence-corrected chi connectivity index (χ2v) is 7.20. The highest BCUT2D eigenvalue weighted by Crippen LogP contribution is 2.35. The first-order valence-electron chi connectivity index (χ1n) is 8.19. The van der Waals surface area contributed by atoms with Crippen LogP contribution in [0, 0.1) is 0 Å². The standard InChI is InChI=1S/C17H17N5S/c1-2-6-11(7-3-1)15-19-20-17-22(15)21-16(23-17)13-10-18-14-9-5-4-8-12(13)14/h4-5,8-11,18H,1-3,6-7H2. The molecule has 6 heteroatoms. The molecule has 1 aromatic carbocycles. The monoisotopic (exact) mass is 323 g/mol. The summed E-state index contributed by atoms with van der Waals surface area (Å²) in [5.41, 5.74) is 2.28. The molecule has 5 nitrogen and oxygen atoms in total. The van der Waals surface area contributed by atoms with Gasteiger partial charge in [-0.15, -0.1) is 10.2 Å². The fraction of sp³-hybridized carbons (Fsp3) is 0.353. The lowest BCUT2D eigenvalue weighted by Crippen LogP contribution is -2.09. The van der Waals surface area contributed by atoms with Crippen molar-refractivity contribution in [2.75, 3.05) is 0 Å². The zero-order valence-corrected chi connectivity index (χ0v) is 13.5. The number of hydrogen-bond donors (Lipinski definition) is 1. The number of benzene rings is 1. The van der Waals surface area contributed by atoms with Crippen molar-refractivity contribution in [1.29, 1.82) is 0 Å². The average Bonchev–Trinajstić information content (AvgIpc) is 3.28. The Balaban J connectivity index is 1.62. The smallest absolute Gasteiger partial charge is 0.234 e. The van der Waals surface area contributed by atoms with Crippen LogP contribution >= 0.6 is 11.3 Å². The second kappa shape index (κ2) is 5.16. The minimum atomic E-state index is 0.511. The molecule has 3 heterocycles. The molecule has 3 aromatic heterocycles. The second-order valence-electron chi connectivity index (χ2n) is 6.24. The molecule has 116 valence electrons. The van der Waals surface area contributed by atoms with Crippen LogP contribution in [0.25, 0.3) is 26.4 Å². The van der Waals surface area contributed by atoms with Crippen molar-refractivity contribution in [3.05, 3.63) is 36.3 Å². The zero-order chi connectivity index (χ0) is 15.2. The van der Waals surface area contributed by atoms with Gasteiger partial charge >= 0.3 is 0 Å². The first-order valence-corrected chi connectivity index (χ1v) is 9.00. The zero-order valence-electron chi connectivity index (χ0n) is 12.7. The Hall–Kier alpha value is -2.21. The Bertz CT molecular complexity index is 973. The van der Waals surface area contributed by atoms with Crippen LogP contribution < -0.4 is 0 Å². The molecular weight excluding hydrogens is 306 g/mol. The van der Waals surface area contributed by atoms with Gasteiger partial charge in [-0.2, -0.15) is 9.61 Å². The van der Waals surface area contributed by atoms with Gasteiger partial charge < -0.3 is 4.98 Å². The van der Waals surface area contributed by atoms with Crippen molar-refractivity contribution >= 4 is 27.2 Å². The molecule has 23 heavy (non-hydrogen) atoms. The molecule has 0 atom stereocenters. The predicted octanol–water partition coefficient (Wildman–Crippen LogP) is 4.38. The number of aromatic amines is 1. The number of rotatable bonds is 2. The molecule has 0 unspecified atom stereocenters. The summed E-state index contributed by atoms with van der Waals surface area (Å²) in [6, 6.07) is 8.33. The Morgan fingerprint density at radius 1 is 1.09 bits per heavy atom. The Morgan fingerprint density at radius 3 is 2.87 bits per heavy atom. The van der Waals surface area contributed by atoms with Gasteiger partial charge in [-0.05, 0) is 18.9 Å². The van der Waals surface area contributed by atoms with Crippen molar-refractivity contribution in [2.45, 2.75) is 38.0 Å². The SMILES string of the molecule is c1ccc2c(-c3nn4c(C5CCCCC5)nnc4s3)c[nH]c2c1. The summed E-state index contributed by atoms with van der Waals surface area (Å²) in [6.07, 6.45) is 8.38. The van der Waals surface area contributed by atoms with E-state index in [4.69, 9.17) is 5.10 Å². The highest BCUT2D eigenvalue weighted by atomic mass is 32.1. The number of hydrogen-bond acceptors (Lipinski definition) is 4. The van der Waals surface area contributed by atoms with Gasteiger partial charge in [0.2, 0.25) is 4.96 Å². The third kappa shape index (κ3) is 2.09. The van der Waals surface area contributed by atoms with Gasteiger partial charge in [0.1, 0.15) is 5.01 Å². The van der Waals surface area contributed by atoms with Crippen LogP contribution in [0.15, 0.2) is 30.5 Å². The van der Waals surface area contributed by atoms with Crippen LogP contribution in [0.1, 0.15) is 43.8 Å². The third-order valence-electron chi connectivity index (χ3n) is 4.80. The molecule has 4 aromatic rings. The van der Waals surface area contributed by atoms with E-state index in [9.17, 15) is 0 Å². The van der Waals surface area contributed by atoms with Gasteiger partial charge in [0.15, 0.2) is 5.82 Å². The van der Waals surface area contributed by atoms with Crippen LogP contribution in [0.2, 0.25) is 0 Å². The summed E-state index contributed by atoms with van der Waals surface area (Å²) in [5, 5.41) is 15.8. The number of fused-ring (bicyclic) bond motifs is 2. The summed E-state index contributed by atoms with van der Waals surface area (Å²) < 4.78 is 1.97. The quantitative estimate of drug-likeness (QED) is 0.595. The molecule has 0 aliphatic heterocycles. The summed E-state index contributed by atoms with van der Waals surface area (Å²) in [4.78, 5) is 4.22. The molecule has 0 saturated heterocycles. The Kier molecular flexibility index (Phi) is 2.97. The van der Waals surface area contributed by atoms with Crippen LogP contribution in [0.4, 0.5) is 0 Å². The molecule has 0 amide bonds. The molecule has 1 aliphatic rings. The molecular formula is C17H17N5S. The van der Waals surface area contributed by atoms with Crippen LogP contribution in [0.3, 0.4) is 0 Å². The lowest BCUT2D eigenvalue weighted by molar-refractivity contribution is 0.423. The molecule has 0 radical (unpaired) electrons. The van der Waals surface area contributed by atoms with Crippen molar-refractivity contribution in [3.8, 4) is 10.6 Å². The molecule has 1 N–H and O–H groups in total. The minimum Gasteiger partial charge on any atom is -0.360 e. The van der Waals surface area contributed by atoms with E-state index in [0.717, 1.165) is 26.9 Å². The number of aromatic nitrogens is 5. The van der Waals surface area contributed by atoms with E-state index in [2.05, 4.69) is 33.4 Å². The van der Waals surface area contributed by atoms with Gasteiger partial charge in [-0.25, -0.2) is 0 Å². The van der Waals surface area contributed by atoms with Crippen LogP contribution in [0.5, 0.6) is 0 Å². The first kappa shape index (κ1) is 13.2. The van der Waals surface area contributed by atoms with E-state index >= 15 is 0 Å². The fourth-order valence-electron chi connectivity index (χ4n) is 3.60. The Morgan fingerprint density at radius 2 is 1.96 bits per heavy atom. The van der Waals surface area contributed by atoms with E-state index in [1.165, 1.54) is 37.5 Å². The molecule has 1 aliphatic carbocycles. The normalized spacial score (nSPS) is 16.5. The third-order valence-corrected chi connectivity index (χ3v) is 5.74. The highest BCUT2D eigenvalue weighted by molar-refractivity contribution is 7.19. The molecule has 0 spiro atoms. The highest BCUT2D eigenvalue weighted by Gasteiger charge is 2.23. The van der Waals surface area contributed by atoms with Crippen molar-refractivity contribution in [1.82, 2.24) is 24.8 Å². The number of para-hydroxylation sites is 1. The van der Waals surface area contributed by atoms with Crippen molar-refractivity contribution < 1.29 is 0 Å². The van der Waals surface area contributed by atoms with Gasteiger partial charge in [-0.3, -0.25) is 0 Å². The van der Waals surface area contributed by atoms with E-state index in [1.54, 1.807) is 11.3 Å². The average molecular weight is 323 g/mol. The van der Waals surface area contributed by atoms with E-state index in [0.29, 0.717) is 5.92 Å². The molecule has 1 saturated carbocycles. The Labute approximate surface area is 137 Å². The maximum absolute atomic E-state index is 4.83. The topological polar surface area (TPSA) is 58.9 Å². The van der Waals surface area contributed by atoms with E-state index in [1.807, 2.05) is 16.8 Å². The van der Waals surface area contributed by atoms with Crippen molar-refractivity contribution in [2.24, 2.45) is 0 Å². The van der Waals surface area contributed by atoms with Crippen molar-refractivity contribution in [3.63, 3.8) is 0 Å². The van der Waals surface area contributed by atoms with Gasteiger partial charge in [0.25, 0.3) is 0 Å². The summed E-state index contributed by atoms with van der Waals surface area (Å²) >= 11 is 1.61. The summed E-state index contributed by atoms with van der Waals surface area (Å²) in [6.45, 7) is 0. The number of H-pyrrole nitrogens is 1. The van der Waals surface area contributed by atoms with Crippen LogP contribution in [-0.2, 0) is 0 Å². The summed E-state index contributed by atoms with van der Waals surface area (Å²) in [5.74, 6) is 1.55. The lowest BCUT2D eigenvalue weighted by Gasteiger charge is -2.18. The summed E-state index contributed by atoms with van der Waals surface area (Å²) in [7, 11) is 0. The molecule has 0 bridgehead atoms. The van der Waals surface area contributed by atoms with Gasteiger partial charge in [-0.1, -0.05) is 48.8 Å². The maximum Gasteiger partial charge on any atom is 0.234 e. The molecule has 1 fully saturated rings. The molecule has 5 rings (SSSR count). The maximum atomic E-state index is 4.83. The van der Waals surface area contributed by atoms with Crippen LogP contribution in [-0.4, -0.2) is 24.8 Å². The lowest BCUT2D eigenvalue weighted by atomic mass is 9.89. The largest absolute Gasteiger partial charge is 0.360 e. The number of nitrogens with one attached hydrogen (secondary N) is 1. The minimum absolute atomic E-state index is 0.511.